The molecule has 118 valence electrons. The van der Waals surface area contributed by atoms with E-state index in [1.54, 1.807) is 0 Å². The SMILES string of the molecule is CCCCCCCCCCC(C)OP1(=O)CC=C(C)C1. The Labute approximate surface area is 125 Å². The van der Waals surface area contributed by atoms with E-state index in [9.17, 15) is 4.57 Å². The van der Waals surface area contributed by atoms with Crippen LogP contribution in [-0.4, -0.2) is 18.4 Å². The van der Waals surface area contributed by atoms with Gasteiger partial charge in [0.25, 0.3) is 0 Å². The summed E-state index contributed by atoms with van der Waals surface area (Å²) in [4.78, 5) is 0. The predicted molar refractivity (Wildman–Crippen MR) is 88.9 cm³/mol. The van der Waals surface area contributed by atoms with E-state index in [2.05, 4.69) is 19.9 Å². The Morgan fingerprint density at radius 3 is 2.30 bits per heavy atom. The molecule has 0 amide bonds. The zero-order chi connectivity index (χ0) is 14.8. The summed E-state index contributed by atoms with van der Waals surface area (Å²) in [6.45, 7) is 6.38. The maximum Gasteiger partial charge on any atom is 0.210 e. The van der Waals surface area contributed by atoms with Gasteiger partial charge in [-0.15, -0.1) is 0 Å². The molecule has 3 heteroatoms. The van der Waals surface area contributed by atoms with Gasteiger partial charge in [0.2, 0.25) is 7.37 Å². The molecule has 1 heterocycles. The Hall–Kier alpha value is -0.0700. The molecule has 0 aromatic heterocycles. The van der Waals surface area contributed by atoms with Crippen LogP contribution in [0.15, 0.2) is 11.6 Å². The zero-order valence-corrected chi connectivity index (χ0v) is 14.6. The second kappa shape index (κ2) is 9.79. The van der Waals surface area contributed by atoms with Crippen molar-refractivity contribution in [3.05, 3.63) is 11.6 Å². The molecule has 0 N–H and O–H groups in total. The van der Waals surface area contributed by atoms with Gasteiger partial charge in [-0.1, -0.05) is 69.9 Å². The normalized spacial score (nSPS) is 23.9. The number of hydrogen-bond acceptors (Lipinski definition) is 2. The predicted octanol–water partition coefficient (Wildman–Crippen LogP) is 6.16. The third kappa shape index (κ3) is 7.64. The maximum atomic E-state index is 12.4. The standard InChI is InChI=1S/C17H33O2P/c1-4-5-6-7-8-9-10-11-12-17(3)19-20(18)14-13-16(2)15-20/h13,17H,4-12,14-15H2,1-3H3. The van der Waals surface area contributed by atoms with E-state index >= 15 is 0 Å². The second-order valence-corrected chi connectivity index (χ2v) is 8.91. The highest BCUT2D eigenvalue weighted by molar-refractivity contribution is 7.59. The molecule has 1 aliphatic heterocycles. The minimum atomic E-state index is -2.35. The maximum absolute atomic E-state index is 12.4. The van der Waals surface area contributed by atoms with Gasteiger partial charge in [0.1, 0.15) is 0 Å². The van der Waals surface area contributed by atoms with E-state index in [1.807, 2.05) is 6.92 Å². The molecule has 2 nitrogen and oxygen atoms in total. The third-order valence-corrected chi connectivity index (χ3v) is 6.51. The first kappa shape index (κ1) is 18.0. The van der Waals surface area contributed by atoms with Gasteiger partial charge in [-0.25, -0.2) is 0 Å². The van der Waals surface area contributed by atoms with Crippen molar-refractivity contribution in [3.63, 3.8) is 0 Å². The number of unbranched alkanes of at least 4 members (excludes halogenated alkanes) is 7. The van der Waals surface area contributed by atoms with Crippen molar-refractivity contribution in [2.75, 3.05) is 12.3 Å². The van der Waals surface area contributed by atoms with Crippen LogP contribution in [0.3, 0.4) is 0 Å². The van der Waals surface area contributed by atoms with E-state index in [0.29, 0.717) is 12.3 Å². The number of rotatable bonds is 11. The Bertz CT molecular complexity index is 336. The fourth-order valence-corrected chi connectivity index (χ4v) is 5.36. The summed E-state index contributed by atoms with van der Waals surface area (Å²) in [6, 6.07) is 0. The molecule has 2 atom stereocenters. The largest absolute Gasteiger partial charge is 0.325 e. The molecular formula is C17H33O2P. The van der Waals surface area contributed by atoms with Crippen LogP contribution in [0.5, 0.6) is 0 Å². The Kier molecular flexibility index (Phi) is 8.80. The van der Waals surface area contributed by atoms with Gasteiger partial charge in [-0.3, -0.25) is 4.57 Å². The van der Waals surface area contributed by atoms with Crippen LogP contribution >= 0.6 is 7.37 Å². The Balaban J connectivity index is 1.98. The monoisotopic (exact) mass is 300 g/mol. The fraction of sp³-hybridized carbons (Fsp3) is 0.882. The van der Waals surface area contributed by atoms with Gasteiger partial charge in [0.15, 0.2) is 0 Å². The summed E-state index contributed by atoms with van der Waals surface area (Å²) < 4.78 is 18.2. The van der Waals surface area contributed by atoms with Crippen molar-refractivity contribution in [2.24, 2.45) is 0 Å². The van der Waals surface area contributed by atoms with Gasteiger partial charge in [0.05, 0.1) is 6.10 Å². The van der Waals surface area contributed by atoms with Crippen molar-refractivity contribution >= 4 is 7.37 Å². The average Bonchev–Trinajstić information content (AvgIpc) is 2.72. The average molecular weight is 300 g/mol. The topological polar surface area (TPSA) is 26.3 Å². The highest BCUT2D eigenvalue weighted by atomic mass is 31.2. The van der Waals surface area contributed by atoms with Crippen LogP contribution in [0.2, 0.25) is 0 Å². The molecule has 20 heavy (non-hydrogen) atoms. The summed E-state index contributed by atoms with van der Waals surface area (Å²) in [5.41, 5.74) is 1.23. The van der Waals surface area contributed by atoms with Gasteiger partial charge >= 0.3 is 0 Å². The Morgan fingerprint density at radius 1 is 1.15 bits per heavy atom. The van der Waals surface area contributed by atoms with Crippen LogP contribution in [0.4, 0.5) is 0 Å². The van der Waals surface area contributed by atoms with E-state index < -0.39 is 7.37 Å². The second-order valence-electron chi connectivity index (χ2n) is 6.39. The molecule has 0 aromatic rings. The molecule has 0 radical (unpaired) electrons. The minimum absolute atomic E-state index is 0.153. The zero-order valence-electron chi connectivity index (χ0n) is 13.7. The lowest BCUT2D eigenvalue weighted by Crippen LogP contribution is -2.07. The first-order valence-electron chi connectivity index (χ1n) is 8.48. The van der Waals surface area contributed by atoms with Crippen molar-refractivity contribution < 1.29 is 9.09 Å². The summed E-state index contributed by atoms with van der Waals surface area (Å²) in [7, 11) is -2.35. The summed E-state index contributed by atoms with van der Waals surface area (Å²) in [5.74, 6) is 0. The molecule has 0 saturated carbocycles. The summed E-state index contributed by atoms with van der Waals surface area (Å²) >= 11 is 0. The molecule has 0 spiro atoms. The number of hydrogen-bond donors (Lipinski definition) is 0. The minimum Gasteiger partial charge on any atom is -0.325 e. The molecular weight excluding hydrogens is 267 g/mol. The quantitative estimate of drug-likeness (QED) is 0.259. The van der Waals surface area contributed by atoms with Crippen LogP contribution in [0.1, 0.15) is 78.6 Å². The van der Waals surface area contributed by atoms with Crippen LogP contribution in [0, 0.1) is 0 Å². The molecule has 2 unspecified atom stereocenters. The lowest BCUT2D eigenvalue weighted by molar-refractivity contribution is 0.211. The van der Waals surface area contributed by atoms with E-state index in [1.165, 1.54) is 56.9 Å². The van der Waals surface area contributed by atoms with Crippen LogP contribution in [0.25, 0.3) is 0 Å². The van der Waals surface area contributed by atoms with Crippen LogP contribution < -0.4 is 0 Å². The lowest BCUT2D eigenvalue weighted by Gasteiger charge is -2.19. The van der Waals surface area contributed by atoms with Gasteiger partial charge in [-0.2, -0.15) is 0 Å². The smallest absolute Gasteiger partial charge is 0.210 e. The molecule has 1 rings (SSSR count). The van der Waals surface area contributed by atoms with E-state index in [0.717, 1.165) is 6.42 Å². The van der Waals surface area contributed by atoms with Gasteiger partial charge in [0, 0.05) is 12.3 Å². The lowest BCUT2D eigenvalue weighted by atomic mass is 10.1. The van der Waals surface area contributed by atoms with Gasteiger partial charge in [-0.05, 0) is 20.3 Å². The molecule has 0 aromatic carbocycles. The van der Waals surface area contributed by atoms with E-state index in [4.69, 9.17) is 4.52 Å². The summed E-state index contributed by atoms with van der Waals surface area (Å²) in [5, 5.41) is 0. The van der Waals surface area contributed by atoms with E-state index in [-0.39, 0.29) is 6.10 Å². The molecule has 1 aliphatic rings. The first-order chi connectivity index (χ1) is 9.56. The van der Waals surface area contributed by atoms with Crippen molar-refractivity contribution in [3.8, 4) is 0 Å². The fourth-order valence-electron chi connectivity index (χ4n) is 2.83. The van der Waals surface area contributed by atoms with Crippen molar-refractivity contribution in [2.45, 2.75) is 84.7 Å². The molecule has 0 fully saturated rings. The first-order valence-corrected chi connectivity index (χ1v) is 10.5. The van der Waals surface area contributed by atoms with Gasteiger partial charge < -0.3 is 4.52 Å². The Morgan fingerprint density at radius 2 is 1.75 bits per heavy atom. The third-order valence-electron chi connectivity index (χ3n) is 4.04. The highest BCUT2D eigenvalue weighted by Crippen LogP contribution is 2.53. The molecule has 0 bridgehead atoms. The summed E-state index contributed by atoms with van der Waals surface area (Å²) in [6.07, 6.45) is 15.3. The van der Waals surface area contributed by atoms with Crippen LogP contribution in [-0.2, 0) is 9.09 Å². The highest BCUT2D eigenvalue weighted by Gasteiger charge is 2.29. The van der Waals surface area contributed by atoms with Crippen molar-refractivity contribution in [1.82, 2.24) is 0 Å². The molecule has 0 saturated heterocycles. The number of allylic oxidation sites excluding steroid dienone is 2. The molecule has 0 aliphatic carbocycles. The van der Waals surface area contributed by atoms with Crippen molar-refractivity contribution in [1.29, 1.82) is 0 Å².